The lowest BCUT2D eigenvalue weighted by Crippen LogP contribution is -2.23. The van der Waals surface area contributed by atoms with Crippen molar-refractivity contribution in [1.29, 1.82) is 0 Å². The molecule has 1 aromatic rings. The van der Waals surface area contributed by atoms with Crippen molar-refractivity contribution in [3.63, 3.8) is 0 Å². The van der Waals surface area contributed by atoms with Gasteiger partial charge in [0.1, 0.15) is 11.6 Å². The van der Waals surface area contributed by atoms with E-state index in [1.165, 1.54) is 19.1 Å². The summed E-state index contributed by atoms with van der Waals surface area (Å²) in [7, 11) is 0. The molecule has 4 N–H and O–H groups in total. The van der Waals surface area contributed by atoms with Crippen LogP contribution in [-0.2, 0) is 0 Å². The third kappa shape index (κ3) is 2.40. The molecule has 0 amide bonds. The van der Waals surface area contributed by atoms with Crippen molar-refractivity contribution in [2.24, 2.45) is 5.73 Å². The number of phenols is 1. The minimum Gasteiger partial charge on any atom is -0.508 e. The van der Waals surface area contributed by atoms with Gasteiger partial charge in [0.2, 0.25) is 0 Å². The molecule has 0 saturated heterocycles. The van der Waals surface area contributed by atoms with Crippen LogP contribution in [0, 0.1) is 5.82 Å². The second-order valence-electron chi connectivity index (χ2n) is 3.01. The first kappa shape index (κ1) is 9.95. The van der Waals surface area contributed by atoms with Gasteiger partial charge in [0, 0.05) is 6.07 Å². The molecule has 0 aliphatic carbocycles. The van der Waals surface area contributed by atoms with Crippen molar-refractivity contribution in [1.82, 2.24) is 0 Å². The van der Waals surface area contributed by atoms with Crippen LogP contribution in [0.15, 0.2) is 18.2 Å². The predicted molar refractivity (Wildman–Crippen MR) is 46.7 cm³/mol. The smallest absolute Gasteiger partial charge is 0.127 e. The summed E-state index contributed by atoms with van der Waals surface area (Å²) >= 11 is 0. The van der Waals surface area contributed by atoms with Gasteiger partial charge in [-0.3, -0.25) is 0 Å². The first-order valence-electron chi connectivity index (χ1n) is 3.94. The predicted octanol–water partition coefficient (Wildman–Crippen LogP) is 0.912. The Morgan fingerprint density at radius 3 is 2.46 bits per heavy atom. The Kier molecular flexibility index (Phi) is 2.85. The SMILES string of the molecule is C[C@@H](O)[C@H](N)c1cc(O)cc(F)c1. The number of aliphatic hydroxyl groups is 1. The van der Waals surface area contributed by atoms with Crippen molar-refractivity contribution in [2.75, 3.05) is 0 Å². The molecule has 1 rings (SSSR count). The van der Waals surface area contributed by atoms with Gasteiger partial charge in [-0.2, -0.15) is 0 Å². The summed E-state index contributed by atoms with van der Waals surface area (Å²) in [6, 6.07) is 2.83. The summed E-state index contributed by atoms with van der Waals surface area (Å²) in [5.41, 5.74) is 5.93. The average molecular weight is 185 g/mol. The topological polar surface area (TPSA) is 66.5 Å². The lowest BCUT2D eigenvalue weighted by molar-refractivity contribution is 0.164. The largest absolute Gasteiger partial charge is 0.508 e. The van der Waals surface area contributed by atoms with Crippen molar-refractivity contribution in [3.8, 4) is 5.75 Å². The number of rotatable bonds is 2. The molecule has 0 radical (unpaired) electrons. The number of halogens is 1. The minimum absolute atomic E-state index is 0.189. The van der Waals surface area contributed by atoms with E-state index >= 15 is 0 Å². The van der Waals surface area contributed by atoms with E-state index in [0.717, 1.165) is 6.07 Å². The maximum Gasteiger partial charge on any atom is 0.127 e. The lowest BCUT2D eigenvalue weighted by Gasteiger charge is -2.15. The number of nitrogens with two attached hydrogens (primary N) is 1. The molecule has 0 saturated carbocycles. The molecule has 13 heavy (non-hydrogen) atoms. The molecule has 0 aliphatic rings. The number of hydrogen-bond acceptors (Lipinski definition) is 3. The van der Waals surface area contributed by atoms with E-state index < -0.39 is 18.0 Å². The highest BCUT2D eigenvalue weighted by atomic mass is 19.1. The molecule has 0 bridgehead atoms. The molecule has 0 spiro atoms. The molecular formula is C9H12FNO2. The zero-order valence-electron chi connectivity index (χ0n) is 7.24. The summed E-state index contributed by atoms with van der Waals surface area (Å²) < 4.78 is 12.8. The van der Waals surface area contributed by atoms with Crippen molar-refractivity contribution in [2.45, 2.75) is 19.1 Å². The fourth-order valence-corrected chi connectivity index (χ4v) is 1.07. The summed E-state index contributed by atoms with van der Waals surface area (Å²) in [5, 5.41) is 18.2. The normalized spacial score (nSPS) is 15.4. The van der Waals surface area contributed by atoms with Crippen LogP contribution in [0.4, 0.5) is 4.39 Å². The van der Waals surface area contributed by atoms with Crippen LogP contribution >= 0.6 is 0 Å². The summed E-state index contributed by atoms with van der Waals surface area (Å²) in [6.07, 6.45) is -0.777. The third-order valence-electron chi connectivity index (χ3n) is 1.81. The monoisotopic (exact) mass is 185 g/mol. The number of benzene rings is 1. The summed E-state index contributed by atoms with van der Waals surface area (Å²) in [6.45, 7) is 1.51. The molecule has 0 unspecified atom stereocenters. The van der Waals surface area contributed by atoms with Gasteiger partial charge >= 0.3 is 0 Å². The number of aliphatic hydroxyl groups excluding tert-OH is 1. The molecule has 2 atom stereocenters. The van der Waals surface area contributed by atoms with Crippen molar-refractivity contribution < 1.29 is 14.6 Å². The zero-order valence-corrected chi connectivity index (χ0v) is 7.24. The maximum atomic E-state index is 12.8. The fraction of sp³-hybridized carbons (Fsp3) is 0.333. The molecule has 0 aromatic heterocycles. The fourth-order valence-electron chi connectivity index (χ4n) is 1.07. The quantitative estimate of drug-likeness (QED) is 0.641. The van der Waals surface area contributed by atoms with Crippen LogP contribution in [0.1, 0.15) is 18.5 Å². The minimum atomic E-state index is -0.777. The van der Waals surface area contributed by atoms with Gasteiger partial charge in [0.15, 0.2) is 0 Å². The Morgan fingerprint density at radius 1 is 1.38 bits per heavy atom. The van der Waals surface area contributed by atoms with Crippen LogP contribution in [0.25, 0.3) is 0 Å². The van der Waals surface area contributed by atoms with E-state index in [-0.39, 0.29) is 5.75 Å². The highest BCUT2D eigenvalue weighted by Crippen LogP contribution is 2.20. The zero-order chi connectivity index (χ0) is 10.0. The third-order valence-corrected chi connectivity index (χ3v) is 1.81. The Labute approximate surface area is 75.6 Å². The van der Waals surface area contributed by atoms with Gasteiger partial charge < -0.3 is 15.9 Å². The van der Waals surface area contributed by atoms with E-state index in [0.29, 0.717) is 5.56 Å². The molecule has 3 nitrogen and oxygen atoms in total. The summed E-state index contributed by atoms with van der Waals surface area (Å²) in [4.78, 5) is 0. The highest BCUT2D eigenvalue weighted by Gasteiger charge is 2.13. The van der Waals surface area contributed by atoms with Crippen LogP contribution in [0.5, 0.6) is 5.75 Å². The molecule has 0 aliphatic heterocycles. The van der Waals surface area contributed by atoms with Crippen molar-refractivity contribution in [3.05, 3.63) is 29.6 Å². The Hall–Kier alpha value is -1.13. The molecule has 72 valence electrons. The molecule has 1 aromatic carbocycles. The van der Waals surface area contributed by atoms with Crippen LogP contribution in [-0.4, -0.2) is 16.3 Å². The highest BCUT2D eigenvalue weighted by molar-refractivity contribution is 5.30. The van der Waals surface area contributed by atoms with Crippen LogP contribution in [0.2, 0.25) is 0 Å². The van der Waals surface area contributed by atoms with Crippen LogP contribution in [0.3, 0.4) is 0 Å². The number of phenolic OH excluding ortho intramolecular Hbond substituents is 1. The molecule has 4 heteroatoms. The Bertz CT molecular complexity index is 281. The van der Waals surface area contributed by atoms with E-state index in [9.17, 15) is 4.39 Å². The van der Waals surface area contributed by atoms with E-state index in [1.807, 2.05) is 0 Å². The molecule has 0 heterocycles. The Balaban J connectivity index is 3.01. The van der Waals surface area contributed by atoms with Gasteiger partial charge in [0.05, 0.1) is 12.1 Å². The maximum absolute atomic E-state index is 12.8. The first-order valence-corrected chi connectivity index (χ1v) is 3.94. The van der Waals surface area contributed by atoms with Crippen molar-refractivity contribution >= 4 is 0 Å². The number of aromatic hydroxyl groups is 1. The van der Waals surface area contributed by atoms with E-state index in [2.05, 4.69) is 0 Å². The average Bonchev–Trinajstić information content (AvgIpc) is 2.01. The first-order chi connectivity index (χ1) is 6.00. The molecular weight excluding hydrogens is 173 g/mol. The van der Waals surface area contributed by atoms with Gasteiger partial charge in [-0.25, -0.2) is 4.39 Å². The van der Waals surface area contributed by atoms with Gasteiger partial charge in [0.25, 0.3) is 0 Å². The van der Waals surface area contributed by atoms with Gasteiger partial charge in [-0.05, 0) is 24.6 Å². The van der Waals surface area contributed by atoms with E-state index in [1.54, 1.807) is 0 Å². The lowest BCUT2D eigenvalue weighted by atomic mass is 10.0. The van der Waals surface area contributed by atoms with E-state index in [4.69, 9.17) is 15.9 Å². The Morgan fingerprint density at radius 2 is 2.00 bits per heavy atom. The van der Waals surface area contributed by atoms with Gasteiger partial charge in [-0.15, -0.1) is 0 Å². The molecule has 0 fully saturated rings. The standard InChI is InChI=1S/C9H12FNO2/c1-5(12)9(11)6-2-7(10)4-8(13)3-6/h2-5,9,12-13H,11H2,1H3/t5-,9+/m1/s1. The second-order valence-corrected chi connectivity index (χ2v) is 3.01. The van der Waals surface area contributed by atoms with Crippen LogP contribution < -0.4 is 5.73 Å². The van der Waals surface area contributed by atoms with Gasteiger partial charge in [-0.1, -0.05) is 0 Å². The summed E-state index contributed by atoms with van der Waals surface area (Å²) in [5.74, 6) is -0.753. The number of hydrogen-bond donors (Lipinski definition) is 3. The second kappa shape index (κ2) is 3.72.